The standard InChI is InChI=1S/C27H31N3O3.2ClH/c1-3-30(4-2)23-8-10-25-26(19-23)33-27(28-25)22-6-5-21-18-24(9-7-20(21)17-22)32-16-13-29-11-14-31-15-12-29;;/h5-10,17-19H,3-4,11-16H2,1-2H3;2*1H. The first-order valence-corrected chi connectivity index (χ1v) is 11.9. The first-order valence-electron chi connectivity index (χ1n) is 11.9. The van der Waals surface area contributed by atoms with E-state index in [1.54, 1.807) is 0 Å². The third-order valence-electron chi connectivity index (χ3n) is 6.34. The van der Waals surface area contributed by atoms with E-state index >= 15 is 0 Å². The van der Waals surface area contributed by atoms with E-state index in [1.807, 2.05) is 12.1 Å². The quantitative estimate of drug-likeness (QED) is 0.283. The highest BCUT2D eigenvalue weighted by molar-refractivity contribution is 5.88. The van der Waals surface area contributed by atoms with E-state index < -0.39 is 0 Å². The third-order valence-corrected chi connectivity index (χ3v) is 6.34. The minimum atomic E-state index is 0. The molecule has 0 radical (unpaired) electrons. The van der Waals surface area contributed by atoms with Crippen LogP contribution < -0.4 is 9.64 Å². The number of anilines is 1. The molecule has 3 aromatic carbocycles. The zero-order valence-electron chi connectivity index (χ0n) is 20.2. The number of hydrogen-bond acceptors (Lipinski definition) is 6. The molecule has 2 heterocycles. The van der Waals surface area contributed by atoms with Gasteiger partial charge >= 0.3 is 0 Å². The number of benzene rings is 3. The number of rotatable bonds is 8. The number of fused-ring (bicyclic) bond motifs is 2. The van der Waals surface area contributed by atoms with Crippen molar-refractivity contribution in [3.05, 3.63) is 54.6 Å². The fourth-order valence-electron chi connectivity index (χ4n) is 4.39. The van der Waals surface area contributed by atoms with Gasteiger partial charge < -0.3 is 18.8 Å². The summed E-state index contributed by atoms with van der Waals surface area (Å²) in [5.41, 5.74) is 3.84. The van der Waals surface area contributed by atoms with Crippen LogP contribution in [0.1, 0.15) is 13.8 Å². The van der Waals surface area contributed by atoms with Crippen molar-refractivity contribution in [2.75, 3.05) is 57.4 Å². The Bertz CT molecular complexity index is 1240. The van der Waals surface area contributed by atoms with E-state index in [1.165, 1.54) is 0 Å². The molecule has 5 rings (SSSR count). The topological polar surface area (TPSA) is 51.0 Å². The van der Waals surface area contributed by atoms with Gasteiger partial charge in [-0.25, -0.2) is 4.98 Å². The molecule has 1 aliphatic rings. The zero-order valence-corrected chi connectivity index (χ0v) is 21.9. The summed E-state index contributed by atoms with van der Waals surface area (Å²) in [6.07, 6.45) is 0. The fourth-order valence-corrected chi connectivity index (χ4v) is 4.39. The smallest absolute Gasteiger partial charge is 0.227 e. The molecule has 0 N–H and O–H groups in total. The maximum Gasteiger partial charge on any atom is 0.227 e. The zero-order chi connectivity index (χ0) is 22.6. The SMILES string of the molecule is CCN(CC)c1ccc2nc(-c3ccc4cc(OCCN5CCOCC5)ccc4c3)oc2c1.Cl.Cl. The van der Waals surface area contributed by atoms with Crippen molar-refractivity contribution in [3.63, 3.8) is 0 Å². The molecule has 0 bridgehead atoms. The minimum absolute atomic E-state index is 0. The lowest BCUT2D eigenvalue weighted by Gasteiger charge is -2.26. The van der Waals surface area contributed by atoms with E-state index in [2.05, 4.69) is 66.1 Å². The van der Waals surface area contributed by atoms with Gasteiger partial charge in [0.15, 0.2) is 5.58 Å². The van der Waals surface area contributed by atoms with Crippen LogP contribution in [0.5, 0.6) is 5.75 Å². The van der Waals surface area contributed by atoms with E-state index in [0.29, 0.717) is 12.5 Å². The van der Waals surface area contributed by atoms with Crippen molar-refractivity contribution >= 4 is 52.4 Å². The van der Waals surface area contributed by atoms with Crippen LogP contribution >= 0.6 is 24.8 Å². The van der Waals surface area contributed by atoms with E-state index in [4.69, 9.17) is 18.9 Å². The summed E-state index contributed by atoms with van der Waals surface area (Å²) < 4.78 is 17.5. The van der Waals surface area contributed by atoms with Gasteiger partial charge in [0.05, 0.1) is 13.2 Å². The van der Waals surface area contributed by atoms with Crippen LogP contribution in [-0.4, -0.2) is 62.4 Å². The molecular weight excluding hydrogens is 485 g/mol. The Labute approximate surface area is 219 Å². The summed E-state index contributed by atoms with van der Waals surface area (Å²) >= 11 is 0. The number of oxazole rings is 1. The lowest BCUT2D eigenvalue weighted by Crippen LogP contribution is -2.38. The fraction of sp³-hybridized carbons (Fsp3) is 0.370. The van der Waals surface area contributed by atoms with Crippen LogP contribution in [-0.2, 0) is 4.74 Å². The highest BCUT2D eigenvalue weighted by Crippen LogP contribution is 2.30. The molecule has 0 amide bonds. The monoisotopic (exact) mass is 517 g/mol. The van der Waals surface area contributed by atoms with Crippen molar-refractivity contribution < 1.29 is 13.9 Å². The first kappa shape index (κ1) is 27.1. The van der Waals surface area contributed by atoms with Crippen molar-refractivity contribution in [2.45, 2.75) is 13.8 Å². The third kappa shape index (κ3) is 6.19. The highest BCUT2D eigenvalue weighted by Gasteiger charge is 2.12. The summed E-state index contributed by atoms with van der Waals surface area (Å²) in [5, 5.41) is 2.28. The van der Waals surface area contributed by atoms with Gasteiger partial charge in [0, 0.05) is 50.0 Å². The normalized spacial score (nSPS) is 13.9. The number of aromatic nitrogens is 1. The lowest BCUT2D eigenvalue weighted by molar-refractivity contribution is 0.0322. The van der Waals surface area contributed by atoms with Crippen LogP contribution in [0.25, 0.3) is 33.3 Å². The largest absolute Gasteiger partial charge is 0.492 e. The lowest BCUT2D eigenvalue weighted by atomic mass is 10.1. The van der Waals surface area contributed by atoms with Gasteiger partial charge in [-0.1, -0.05) is 12.1 Å². The van der Waals surface area contributed by atoms with Gasteiger partial charge in [0.1, 0.15) is 17.9 Å². The molecule has 1 saturated heterocycles. The molecule has 0 atom stereocenters. The maximum absolute atomic E-state index is 6.14. The molecule has 0 unspecified atom stereocenters. The Morgan fingerprint density at radius 1 is 0.914 bits per heavy atom. The summed E-state index contributed by atoms with van der Waals surface area (Å²) in [4.78, 5) is 9.40. The average molecular weight is 518 g/mol. The molecule has 35 heavy (non-hydrogen) atoms. The molecule has 8 heteroatoms. The van der Waals surface area contributed by atoms with Gasteiger partial charge in [0.2, 0.25) is 5.89 Å². The Morgan fingerprint density at radius 2 is 1.66 bits per heavy atom. The molecule has 4 aromatic rings. The summed E-state index contributed by atoms with van der Waals surface area (Å²) in [6.45, 7) is 11.5. The molecule has 6 nitrogen and oxygen atoms in total. The van der Waals surface area contributed by atoms with Crippen LogP contribution in [0.4, 0.5) is 5.69 Å². The van der Waals surface area contributed by atoms with Gasteiger partial charge in [-0.05, 0) is 61.0 Å². The Kier molecular flexibility index (Phi) is 9.63. The molecule has 0 saturated carbocycles. The predicted molar refractivity (Wildman–Crippen MR) is 148 cm³/mol. The van der Waals surface area contributed by atoms with Crippen molar-refractivity contribution in [2.24, 2.45) is 0 Å². The van der Waals surface area contributed by atoms with E-state index in [-0.39, 0.29) is 24.8 Å². The summed E-state index contributed by atoms with van der Waals surface area (Å²) in [7, 11) is 0. The molecule has 0 aliphatic carbocycles. The average Bonchev–Trinajstić information content (AvgIpc) is 3.29. The molecule has 188 valence electrons. The van der Waals surface area contributed by atoms with Crippen LogP contribution in [0, 0.1) is 0 Å². The highest BCUT2D eigenvalue weighted by atomic mass is 35.5. The van der Waals surface area contributed by atoms with Crippen LogP contribution in [0.2, 0.25) is 0 Å². The van der Waals surface area contributed by atoms with E-state index in [0.717, 1.165) is 84.8 Å². The van der Waals surface area contributed by atoms with Gasteiger partial charge in [-0.3, -0.25) is 4.90 Å². The molecule has 1 aromatic heterocycles. The van der Waals surface area contributed by atoms with Gasteiger partial charge in [-0.15, -0.1) is 24.8 Å². The number of nitrogens with zero attached hydrogens (tertiary/aromatic N) is 3. The first-order chi connectivity index (χ1) is 16.2. The number of morpholine rings is 1. The Hall–Kier alpha value is -2.51. The number of hydrogen-bond donors (Lipinski definition) is 0. The number of halogens is 2. The maximum atomic E-state index is 6.14. The van der Waals surface area contributed by atoms with Crippen molar-refractivity contribution in [1.82, 2.24) is 9.88 Å². The molecular formula is C27H33Cl2N3O3. The van der Waals surface area contributed by atoms with E-state index in [9.17, 15) is 0 Å². The van der Waals surface area contributed by atoms with Crippen LogP contribution in [0.3, 0.4) is 0 Å². The molecule has 1 fully saturated rings. The second kappa shape index (κ2) is 12.5. The van der Waals surface area contributed by atoms with Crippen LogP contribution in [0.15, 0.2) is 59.0 Å². The van der Waals surface area contributed by atoms with Crippen molar-refractivity contribution in [1.29, 1.82) is 0 Å². The Morgan fingerprint density at radius 3 is 2.43 bits per heavy atom. The Balaban J connectivity index is 0.00000171. The minimum Gasteiger partial charge on any atom is -0.492 e. The second-order valence-electron chi connectivity index (χ2n) is 8.37. The second-order valence-corrected chi connectivity index (χ2v) is 8.37. The predicted octanol–water partition coefficient (Wildman–Crippen LogP) is 6.05. The summed E-state index contributed by atoms with van der Waals surface area (Å²) in [6, 6.07) is 18.8. The van der Waals surface area contributed by atoms with Gasteiger partial charge in [-0.2, -0.15) is 0 Å². The van der Waals surface area contributed by atoms with Crippen molar-refractivity contribution in [3.8, 4) is 17.2 Å². The van der Waals surface area contributed by atoms with Gasteiger partial charge in [0.25, 0.3) is 0 Å². The molecule has 0 spiro atoms. The molecule has 1 aliphatic heterocycles. The number of ether oxygens (including phenoxy) is 2. The summed E-state index contributed by atoms with van der Waals surface area (Å²) in [5.74, 6) is 1.55.